The van der Waals surface area contributed by atoms with Gasteiger partial charge in [-0.15, -0.1) is 0 Å². The SMILES string of the molecule is Nc1nc2c(ncn2CCOCP(OCc2cccc(F)c2)OCc2coc(=O)o2)c(=O)[nH]1. The van der Waals surface area contributed by atoms with Crippen molar-refractivity contribution in [2.24, 2.45) is 0 Å². The van der Waals surface area contributed by atoms with Crippen LogP contribution in [0.25, 0.3) is 11.2 Å². The monoisotopic (exact) mass is 479 g/mol. The van der Waals surface area contributed by atoms with Crippen LogP contribution in [0.3, 0.4) is 0 Å². The molecule has 0 radical (unpaired) electrons. The lowest BCUT2D eigenvalue weighted by molar-refractivity contribution is 0.136. The van der Waals surface area contributed by atoms with Crippen LogP contribution < -0.4 is 17.1 Å². The highest BCUT2D eigenvalue weighted by Crippen LogP contribution is 2.40. The fraction of sp³-hybridized carbons (Fsp3) is 0.263. The second kappa shape index (κ2) is 10.5. The predicted molar refractivity (Wildman–Crippen MR) is 114 cm³/mol. The quantitative estimate of drug-likeness (QED) is 0.241. The maximum absolute atomic E-state index is 13.4. The van der Waals surface area contributed by atoms with Crippen LogP contribution in [0, 0.1) is 5.82 Å². The van der Waals surface area contributed by atoms with E-state index in [0.717, 1.165) is 6.26 Å². The molecule has 0 amide bonds. The molecule has 14 heteroatoms. The molecule has 0 spiro atoms. The van der Waals surface area contributed by atoms with E-state index in [-0.39, 0.29) is 49.2 Å². The van der Waals surface area contributed by atoms with E-state index in [1.807, 2.05) is 0 Å². The Hall–Kier alpha value is -3.38. The molecule has 4 rings (SSSR count). The molecule has 174 valence electrons. The van der Waals surface area contributed by atoms with Gasteiger partial charge in [0.05, 0.1) is 19.5 Å². The molecule has 1 aromatic carbocycles. The number of aromatic amines is 1. The maximum Gasteiger partial charge on any atom is 0.518 e. The van der Waals surface area contributed by atoms with Gasteiger partial charge in [0, 0.05) is 6.54 Å². The fourth-order valence-corrected chi connectivity index (χ4v) is 3.86. The van der Waals surface area contributed by atoms with Gasteiger partial charge in [0.15, 0.2) is 25.3 Å². The van der Waals surface area contributed by atoms with Gasteiger partial charge in [-0.1, -0.05) is 12.1 Å². The highest BCUT2D eigenvalue weighted by molar-refractivity contribution is 7.46. The minimum Gasteiger partial charge on any atom is -0.399 e. The number of imidazole rings is 1. The molecule has 0 saturated carbocycles. The number of fused-ring (bicyclic) bond motifs is 1. The number of hydrogen-bond acceptors (Lipinski definition) is 10. The van der Waals surface area contributed by atoms with Gasteiger partial charge in [-0.25, -0.2) is 14.2 Å². The van der Waals surface area contributed by atoms with Gasteiger partial charge in [-0.2, -0.15) is 4.98 Å². The molecule has 0 aliphatic carbocycles. The summed E-state index contributed by atoms with van der Waals surface area (Å²) in [6, 6.07) is 5.99. The van der Waals surface area contributed by atoms with Crippen molar-refractivity contribution in [3.63, 3.8) is 0 Å². The molecule has 3 heterocycles. The molecule has 3 N–H and O–H groups in total. The van der Waals surface area contributed by atoms with Crippen LogP contribution in [0.15, 0.2) is 55.3 Å². The first-order valence-electron chi connectivity index (χ1n) is 9.61. The normalized spacial score (nSPS) is 12.4. The van der Waals surface area contributed by atoms with E-state index in [2.05, 4.69) is 19.4 Å². The van der Waals surface area contributed by atoms with Crippen LogP contribution in [-0.4, -0.2) is 32.5 Å². The van der Waals surface area contributed by atoms with E-state index in [1.54, 1.807) is 16.7 Å². The summed E-state index contributed by atoms with van der Waals surface area (Å²) in [4.78, 5) is 33.4. The number of aromatic nitrogens is 4. The van der Waals surface area contributed by atoms with Gasteiger partial charge in [0.1, 0.15) is 25.0 Å². The zero-order chi connectivity index (χ0) is 23.2. The number of anilines is 1. The number of nitrogens with one attached hydrogen (secondary N) is 1. The number of ether oxygens (including phenoxy) is 1. The number of nitrogens with two attached hydrogens (primary N) is 1. The first kappa shape index (κ1) is 22.8. The standard InChI is InChI=1S/C19H19FN5O7P/c20-13-3-1-2-12(6-13)7-30-33(31-9-14-8-29-19(27)32-14)11-28-5-4-25-10-22-15-16(25)23-18(21)24-17(15)26/h1-3,6,8,10H,4-5,7,9,11H2,(H3,21,23,24,26). The summed E-state index contributed by atoms with van der Waals surface area (Å²) in [5.41, 5.74) is 6.31. The fourth-order valence-electron chi connectivity index (χ4n) is 2.79. The molecule has 0 aliphatic heterocycles. The van der Waals surface area contributed by atoms with Crippen molar-refractivity contribution in [1.29, 1.82) is 0 Å². The maximum atomic E-state index is 13.4. The molecular formula is C19H19FN5O7P. The topological polar surface area (TPSA) is 161 Å². The van der Waals surface area contributed by atoms with Crippen molar-refractivity contribution in [3.8, 4) is 0 Å². The Morgan fingerprint density at radius 2 is 2.09 bits per heavy atom. The summed E-state index contributed by atoms with van der Waals surface area (Å²) in [6.45, 7) is 0.602. The van der Waals surface area contributed by atoms with E-state index in [9.17, 15) is 14.0 Å². The van der Waals surface area contributed by atoms with Gasteiger partial charge in [0.25, 0.3) is 5.56 Å². The largest absolute Gasteiger partial charge is 0.518 e. The van der Waals surface area contributed by atoms with Gasteiger partial charge in [-0.3, -0.25) is 9.78 Å². The Bertz CT molecular complexity index is 1330. The average Bonchev–Trinajstić information content (AvgIpc) is 3.38. The minimum absolute atomic E-state index is 0.0104. The molecule has 1 unspecified atom stereocenters. The highest BCUT2D eigenvalue weighted by atomic mass is 31.2. The third-order valence-electron chi connectivity index (χ3n) is 4.28. The molecule has 12 nitrogen and oxygen atoms in total. The first-order chi connectivity index (χ1) is 16.0. The average molecular weight is 479 g/mol. The second-order valence-electron chi connectivity index (χ2n) is 6.66. The third kappa shape index (κ3) is 6.11. The van der Waals surface area contributed by atoms with Crippen molar-refractivity contribution in [2.45, 2.75) is 19.8 Å². The van der Waals surface area contributed by atoms with Gasteiger partial charge in [0.2, 0.25) is 5.95 Å². The molecule has 0 fully saturated rings. The highest BCUT2D eigenvalue weighted by Gasteiger charge is 2.15. The van der Waals surface area contributed by atoms with E-state index < -0.39 is 19.8 Å². The Labute approximate surface area is 186 Å². The Morgan fingerprint density at radius 1 is 1.24 bits per heavy atom. The van der Waals surface area contributed by atoms with E-state index in [1.165, 1.54) is 18.5 Å². The molecule has 4 aromatic rings. The molecule has 0 aliphatic rings. The Morgan fingerprint density at radius 3 is 2.88 bits per heavy atom. The lowest BCUT2D eigenvalue weighted by Crippen LogP contribution is -2.13. The van der Waals surface area contributed by atoms with E-state index in [4.69, 9.17) is 23.9 Å². The summed E-state index contributed by atoms with van der Waals surface area (Å²) in [5.74, 6) is -1.03. The summed E-state index contributed by atoms with van der Waals surface area (Å²) in [5, 5.41) is 0. The molecule has 33 heavy (non-hydrogen) atoms. The van der Waals surface area contributed by atoms with Crippen LogP contribution in [0.1, 0.15) is 11.3 Å². The van der Waals surface area contributed by atoms with Gasteiger partial charge < -0.3 is 32.9 Å². The van der Waals surface area contributed by atoms with Crippen LogP contribution in [0.5, 0.6) is 0 Å². The Kier molecular flexibility index (Phi) is 7.25. The number of nitrogen functional groups attached to an aromatic ring is 1. The Balaban J connectivity index is 1.34. The molecule has 1 atom stereocenters. The van der Waals surface area contributed by atoms with Crippen LogP contribution in [-0.2, 0) is 33.5 Å². The van der Waals surface area contributed by atoms with Crippen LogP contribution >= 0.6 is 8.38 Å². The number of hydrogen-bond donors (Lipinski definition) is 2. The summed E-state index contributed by atoms with van der Waals surface area (Å²) >= 11 is 0. The van der Waals surface area contributed by atoms with Crippen molar-refractivity contribution < 1.29 is 27.0 Å². The number of rotatable bonds is 11. The van der Waals surface area contributed by atoms with E-state index in [0.29, 0.717) is 17.8 Å². The second-order valence-corrected chi connectivity index (χ2v) is 8.10. The molecular weight excluding hydrogens is 460 g/mol. The van der Waals surface area contributed by atoms with Gasteiger partial charge >= 0.3 is 5.82 Å². The third-order valence-corrected chi connectivity index (χ3v) is 5.51. The smallest absolute Gasteiger partial charge is 0.399 e. The molecule has 3 aromatic heterocycles. The van der Waals surface area contributed by atoms with Crippen LogP contribution in [0.2, 0.25) is 0 Å². The summed E-state index contributed by atoms with van der Waals surface area (Å²) < 4.78 is 41.5. The molecule has 0 bridgehead atoms. The number of nitrogens with zero attached hydrogens (tertiary/aromatic N) is 3. The number of halogens is 1. The zero-order valence-electron chi connectivity index (χ0n) is 17.1. The predicted octanol–water partition coefficient (Wildman–Crippen LogP) is 2.11. The van der Waals surface area contributed by atoms with E-state index >= 15 is 0 Å². The summed E-state index contributed by atoms with van der Waals surface area (Å²) in [7, 11) is -1.59. The zero-order valence-corrected chi connectivity index (χ0v) is 18.0. The minimum atomic E-state index is -1.59. The summed E-state index contributed by atoms with van der Waals surface area (Å²) in [6.07, 6.45) is 2.69. The number of H-pyrrole nitrogens is 1. The number of benzene rings is 1. The lowest BCUT2D eigenvalue weighted by atomic mass is 10.2. The van der Waals surface area contributed by atoms with Crippen molar-refractivity contribution in [1.82, 2.24) is 19.5 Å². The van der Waals surface area contributed by atoms with Crippen molar-refractivity contribution in [3.05, 3.63) is 75.0 Å². The lowest BCUT2D eigenvalue weighted by Gasteiger charge is -2.17. The van der Waals surface area contributed by atoms with Crippen molar-refractivity contribution in [2.75, 3.05) is 18.7 Å². The first-order valence-corrected chi connectivity index (χ1v) is 11.0. The molecule has 0 saturated heterocycles. The van der Waals surface area contributed by atoms with Crippen molar-refractivity contribution >= 4 is 25.5 Å². The van der Waals surface area contributed by atoms with Crippen LogP contribution in [0.4, 0.5) is 10.3 Å². The van der Waals surface area contributed by atoms with Gasteiger partial charge in [-0.05, 0) is 17.7 Å².